The number of rotatable bonds is 7. The van der Waals surface area contributed by atoms with Gasteiger partial charge in [0.1, 0.15) is 12.7 Å². The van der Waals surface area contributed by atoms with Crippen molar-refractivity contribution in [2.45, 2.75) is 25.4 Å². The summed E-state index contributed by atoms with van der Waals surface area (Å²) in [6.45, 7) is 0.381. The van der Waals surface area contributed by atoms with E-state index in [0.29, 0.717) is 17.1 Å². The van der Waals surface area contributed by atoms with E-state index in [4.69, 9.17) is 16.7 Å². The van der Waals surface area contributed by atoms with Crippen LogP contribution in [-0.2, 0) is 16.1 Å². The first-order chi connectivity index (χ1) is 10.5. The molecule has 22 heavy (non-hydrogen) atoms. The fraction of sp³-hybridized carbons (Fsp3) is 0.286. The van der Waals surface area contributed by atoms with Crippen molar-refractivity contribution in [2.75, 3.05) is 0 Å². The fourth-order valence-corrected chi connectivity index (χ4v) is 2.08. The maximum atomic E-state index is 12.0. The molecule has 2 rings (SSSR count). The molecule has 1 aromatic heterocycles. The summed E-state index contributed by atoms with van der Waals surface area (Å²) in [6.07, 6.45) is 2.89. The first-order valence-corrected chi connectivity index (χ1v) is 7.01. The van der Waals surface area contributed by atoms with Crippen LogP contribution >= 0.6 is 11.6 Å². The molecule has 0 spiro atoms. The summed E-state index contributed by atoms with van der Waals surface area (Å²) in [4.78, 5) is 26.7. The van der Waals surface area contributed by atoms with Gasteiger partial charge >= 0.3 is 5.97 Å². The SMILES string of the molecule is O=C(O)C[C@H](NC(=O)CCn1cncn1)c1ccc(Cl)cc1. The summed E-state index contributed by atoms with van der Waals surface area (Å²) >= 11 is 5.82. The number of nitrogens with zero attached hydrogens (tertiary/aromatic N) is 3. The Morgan fingerprint density at radius 1 is 1.32 bits per heavy atom. The van der Waals surface area contributed by atoms with E-state index in [9.17, 15) is 9.59 Å². The maximum Gasteiger partial charge on any atom is 0.305 e. The van der Waals surface area contributed by atoms with Crippen molar-refractivity contribution in [1.82, 2.24) is 20.1 Å². The highest BCUT2D eigenvalue weighted by Crippen LogP contribution is 2.19. The molecule has 7 nitrogen and oxygen atoms in total. The molecule has 0 saturated carbocycles. The van der Waals surface area contributed by atoms with Crippen molar-refractivity contribution in [2.24, 2.45) is 0 Å². The lowest BCUT2D eigenvalue weighted by atomic mass is 10.0. The van der Waals surface area contributed by atoms with Crippen molar-refractivity contribution in [3.05, 3.63) is 47.5 Å². The Morgan fingerprint density at radius 3 is 2.64 bits per heavy atom. The second kappa shape index (κ2) is 7.56. The van der Waals surface area contributed by atoms with Gasteiger partial charge in [0.15, 0.2) is 0 Å². The minimum absolute atomic E-state index is 0.188. The van der Waals surface area contributed by atoms with Crippen LogP contribution in [0.3, 0.4) is 0 Å². The lowest BCUT2D eigenvalue weighted by Crippen LogP contribution is -2.30. The Labute approximate surface area is 131 Å². The second-order valence-electron chi connectivity index (χ2n) is 4.68. The van der Waals surface area contributed by atoms with Gasteiger partial charge in [-0.2, -0.15) is 5.10 Å². The van der Waals surface area contributed by atoms with E-state index in [2.05, 4.69) is 15.4 Å². The Bertz CT molecular complexity index is 628. The number of aliphatic carboxylic acids is 1. The molecule has 1 amide bonds. The second-order valence-corrected chi connectivity index (χ2v) is 5.11. The molecule has 0 aliphatic rings. The molecule has 0 fully saturated rings. The quantitative estimate of drug-likeness (QED) is 0.808. The van der Waals surface area contributed by atoms with Crippen LogP contribution < -0.4 is 5.32 Å². The van der Waals surface area contributed by atoms with Crippen molar-refractivity contribution >= 4 is 23.5 Å². The molecule has 1 heterocycles. The smallest absolute Gasteiger partial charge is 0.305 e. The third kappa shape index (κ3) is 4.85. The van der Waals surface area contributed by atoms with E-state index in [1.54, 1.807) is 24.3 Å². The summed E-state index contributed by atoms with van der Waals surface area (Å²) in [5, 5.41) is 16.2. The predicted molar refractivity (Wildman–Crippen MR) is 79.2 cm³/mol. The predicted octanol–water partition coefficient (Wildman–Crippen LogP) is 1.65. The van der Waals surface area contributed by atoms with Crippen LogP contribution in [-0.4, -0.2) is 31.7 Å². The van der Waals surface area contributed by atoms with Gasteiger partial charge in [-0.15, -0.1) is 0 Å². The zero-order valence-electron chi connectivity index (χ0n) is 11.6. The molecular formula is C14H15ClN4O3. The summed E-state index contributed by atoms with van der Waals surface area (Å²) in [6, 6.07) is 6.13. The number of halogens is 1. The van der Waals surface area contributed by atoms with Gasteiger partial charge < -0.3 is 10.4 Å². The number of aromatic nitrogens is 3. The monoisotopic (exact) mass is 322 g/mol. The zero-order valence-corrected chi connectivity index (χ0v) is 12.4. The lowest BCUT2D eigenvalue weighted by molar-refractivity contribution is -0.137. The minimum atomic E-state index is -0.989. The zero-order chi connectivity index (χ0) is 15.9. The summed E-state index contributed by atoms with van der Waals surface area (Å²) in [5.74, 6) is -1.24. The van der Waals surface area contributed by atoms with Gasteiger partial charge in [-0.1, -0.05) is 23.7 Å². The number of carbonyl (C=O) groups is 2. The molecule has 0 saturated heterocycles. The number of benzene rings is 1. The maximum absolute atomic E-state index is 12.0. The molecule has 8 heteroatoms. The van der Waals surface area contributed by atoms with E-state index >= 15 is 0 Å². The van der Waals surface area contributed by atoms with Crippen LogP contribution in [0.2, 0.25) is 5.02 Å². The van der Waals surface area contributed by atoms with Crippen molar-refractivity contribution < 1.29 is 14.7 Å². The van der Waals surface area contributed by atoms with Crippen molar-refractivity contribution in [3.63, 3.8) is 0 Å². The molecule has 116 valence electrons. The standard InChI is InChI=1S/C14H15ClN4O3/c15-11-3-1-10(2-4-11)12(7-14(21)22)18-13(20)5-6-19-9-16-8-17-19/h1-4,8-9,12H,5-7H2,(H,18,20)(H,21,22)/t12-/m0/s1. The third-order valence-corrected chi connectivity index (χ3v) is 3.27. The fourth-order valence-electron chi connectivity index (χ4n) is 1.95. The summed E-state index contributed by atoms with van der Waals surface area (Å²) in [7, 11) is 0. The molecule has 1 aromatic carbocycles. The molecule has 0 unspecified atom stereocenters. The highest BCUT2D eigenvalue weighted by molar-refractivity contribution is 6.30. The van der Waals surface area contributed by atoms with E-state index in [0.717, 1.165) is 0 Å². The average Bonchev–Trinajstić information content (AvgIpc) is 2.98. The number of aryl methyl sites for hydroxylation is 1. The highest BCUT2D eigenvalue weighted by atomic mass is 35.5. The third-order valence-electron chi connectivity index (χ3n) is 3.02. The van der Waals surface area contributed by atoms with Crippen LogP contribution in [0, 0.1) is 0 Å². The van der Waals surface area contributed by atoms with E-state index in [-0.39, 0.29) is 18.7 Å². The molecule has 2 N–H and O–H groups in total. The lowest BCUT2D eigenvalue weighted by Gasteiger charge is -2.17. The number of amides is 1. The topological polar surface area (TPSA) is 97.1 Å². The first-order valence-electron chi connectivity index (χ1n) is 6.63. The largest absolute Gasteiger partial charge is 0.481 e. The molecular weight excluding hydrogens is 308 g/mol. The van der Waals surface area contributed by atoms with Crippen LogP contribution in [0.25, 0.3) is 0 Å². The number of carbonyl (C=O) groups excluding carboxylic acids is 1. The Hall–Kier alpha value is -2.41. The van der Waals surface area contributed by atoms with Gasteiger partial charge in [0, 0.05) is 11.4 Å². The van der Waals surface area contributed by atoms with Gasteiger partial charge in [-0.25, -0.2) is 4.98 Å². The molecule has 2 aromatic rings. The molecule has 0 bridgehead atoms. The highest BCUT2D eigenvalue weighted by Gasteiger charge is 2.18. The van der Waals surface area contributed by atoms with Gasteiger partial charge in [-0.3, -0.25) is 14.3 Å². The first kappa shape index (κ1) is 16.0. The Balaban J connectivity index is 1.98. The van der Waals surface area contributed by atoms with E-state index in [1.165, 1.54) is 17.3 Å². The summed E-state index contributed by atoms with van der Waals surface area (Å²) in [5.41, 5.74) is 0.695. The summed E-state index contributed by atoms with van der Waals surface area (Å²) < 4.78 is 1.54. The number of carboxylic acids is 1. The molecule has 0 radical (unpaired) electrons. The van der Waals surface area contributed by atoms with Crippen LogP contribution in [0.4, 0.5) is 0 Å². The van der Waals surface area contributed by atoms with Gasteiger partial charge in [0.2, 0.25) is 5.91 Å². The number of hydrogen-bond donors (Lipinski definition) is 2. The van der Waals surface area contributed by atoms with E-state index < -0.39 is 12.0 Å². The van der Waals surface area contributed by atoms with Crippen molar-refractivity contribution in [1.29, 1.82) is 0 Å². The van der Waals surface area contributed by atoms with Crippen LogP contribution in [0.15, 0.2) is 36.9 Å². The normalized spacial score (nSPS) is 11.9. The Morgan fingerprint density at radius 2 is 2.05 bits per heavy atom. The molecule has 1 atom stereocenters. The van der Waals surface area contributed by atoms with E-state index in [1.807, 2.05) is 0 Å². The van der Waals surface area contributed by atoms with Crippen LogP contribution in [0.5, 0.6) is 0 Å². The number of nitrogens with one attached hydrogen (secondary N) is 1. The van der Waals surface area contributed by atoms with Gasteiger partial charge in [0.05, 0.1) is 19.0 Å². The number of hydrogen-bond acceptors (Lipinski definition) is 4. The van der Waals surface area contributed by atoms with Gasteiger partial charge in [-0.05, 0) is 17.7 Å². The molecule has 0 aliphatic carbocycles. The Kier molecular flexibility index (Phi) is 5.48. The average molecular weight is 323 g/mol. The van der Waals surface area contributed by atoms with Crippen LogP contribution in [0.1, 0.15) is 24.4 Å². The molecule has 0 aliphatic heterocycles. The van der Waals surface area contributed by atoms with Crippen molar-refractivity contribution in [3.8, 4) is 0 Å². The number of carboxylic acid groups (broad SMARTS) is 1. The van der Waals surface area contributed by atoms with Gasteiger partial charge in [0.25, 0.3) is 0 Å². The minimum Gasteiger partial charge on any atom is -0.481 e.